The highest BCUT2D eigenvalue weighted by Crippen LogP contribution is 2.34. The predicted molar refractivity (Wildman–Crippen MR) is 90.3 cm³/mol. The number of halogens is 1. The number of nitrogens with two attached hydrogens (primary N) is 1. The fraction of sp³-hybridized carbons (Fsp3) is 0.500. The molecule has 2 amide bonds. The van der Waals surface area contributed by atoms with Crippen LogP contribution in [0.25, 0.3) is 0 Å². The molecule has 2 aliphatic heterocycles. The first-order chi connectivity index (χ1) is 11.1. The molecule has 0 saturated carbocycles. The second-order valence-corrected chi connectivity index (χ2v) is 6.84. The van der Waals surface area contributed by atoms with Crippen LogP contribution in [0.2, 0.25) is 0 Å². The van der Waals surface area contributed by atoms with E-state index in [9.17, 15) is 9.59 Å². The Morgan fingerprint density at radius 1 is 1.43 bits per heavy atom. The molecule has 1 atom stereocenters. The normalized spacial score (nSPS) is 20.4. The Kier molecular flexibility index (Phi) is 4.87. The number of likely N-dealkylation sites (tertiary alicyclic amines) is 1. The quantitative estimate of drug-likeness (QED) is 0.854. The van der Waals surface area contributed by atoms with Gasteiger partial charge in [0.05, 0.1) is 5.69 Å². The molecule has 0 bridgehead atoms. The number of carbonyl (C=O) groups excluding carboxylic acids is 2. The van der Waals surface area contributed by atoms with Gasteiger partial charge in [0.15, 0.2) is 6.61 Å². The third-order valence-electron chi connectivity index (χ3n) is 4.39. The molecule has 0 aliphatic carbocycles. The lowest BCUT2D eigenvalue weighted by Crippen LogP contribution is -2.41. The molecule has 23 heavy (non-hydrogen) atoms. The minimum atomic E-state index is -0.117. The molecule has 1 aromatic rings. The maximum atomic E-state index is 12.3. The highest BCUT2D eigenvalue weighted by Gasteiger charge is 2.29. The average molecular weight is 382 g/mol. The van der Waals surface area contributed by atoms with Crippen LogP contribution in [0.15, 0.2) is 22.7 Å². The first-order valence-electron chi connectivity index (χ1n) is 7.79. The Hall–Kier alpha value is -1.60. The van der Waals surface area contributed by atoms with Crippen LogP contribution in [-0.4, -0.2) is 49.5 Å². The van der Waals surface area contributed by atoms with Gasteiger partial charge in [-0.1, -0.05) is 15.9 Å². The SMILES string of the molecule is NCC1CCN(C(=O)CCN2C(=O)COc3cc(Br)ccc32)C1. The lowest BCUT2D eigenvalue weighted by Gasteiger charge is -2.30. The second kappa shape index (κ2) is 6.88. The zero-order chi connectivity index (χ0) is 16.4. The molecule has 1 aromatic carbocycles. The van der Waals surface area contributed by atoms with Crippen LogP contribution in [0.3, 0.4) is 0 Å². The molecule has 1 saturated heterocycles. The molecule has 2 N–H and O–H groups in total. The van der Waals surface area contributed by atoms with Crippen molar-refractivity contribution < 1.29 is 14.3 Å². The highest BCUT2D eigenvalue weighted by molar-refractivity contribution is 9.10. The van der Waals surface area contributed by atoms with Gasteiger partial charge in [-0.05, 0) is 37.1 Å². The molecule has 0 aromatic heterocycles. The topological polar surface area (TPSA) is 75.9 Å². The monoisotopic (exact) mass is 381 g/mol. The molecule has 1 fully saturated rings. The smallest absolute Gasteiger partial charge is 0.265 e. The third-order valence-corrected chi connectivity index (χ3v) is 4.88. The number of rotatable bonds is 4. The number of hydrogen-bond donors (Lipinski definition) is 1. The maximum absolute atomic E-state index is 12.3. The van der Waals surface area contributed by atoms with Gasteiger partial charge in [-0.25, -0.2) is 0 Å². The number of benzene rings is 1. The fourth-order valence-corrected chi connectivity index (χ4v) is 3.38. The van der Waals surface area contributed by atoms with Crippen LogP contribution >= 0.6 is 15.9 Å². The van der Waals surface area contributed by atoms with Gasteiger partial charge in [0.25, 0.3) is 5.91 Å². The second-order valence-electron chi connectivity index (χ2n) is 5.93. The number of ether oxygens (including phenoxy) is 1. The van der Waals surface area contributed by atoms with Crippen LogP contribution in [0.1, 0.15) is 12.8 Å². The van der Waals surface area contributed by atoms with Crippen molar-refractivity contribution in [3.63, 3.8) is 0 Å². The highest BCUT2D eigenvalue weighted by atomic mass is 79.9. The first-order valence-corrected chi connectivity index (χ1v) is 8.58. The Bertz CT molecular complexity index is 623. The average Bonchev–Trinajstić information content (AvgIpc) is 3.03. The number of hydrogen-bond acceptors (Lipinski definition) is 4. The Morgan fingerprint density at radius 3 is 3.00 bits per heavy atom. The molecule has 0 spiro atoms. The summed E-state index contributed by atoms with van der Waals surface area (Å²) in [5.41, 5.74) is 6.38. The molecule has 2 heterocycles. The van der Waals surface area contributed by atoms with Crippen LogP contribution < -0.4 is 15.4 Å². The van der Waals surface area contributed by atoms with Crippen molar-refractivity contribution in [1.29, 1.82) is 0 Å². The number of nitrogens with zero attached hydrogens (tertiary/aromatic N) is 2. The van der Waals surface area contributed by atoms with Gasteiger partial charge in [-0.2, -0.15) is 0 Å². The van der Waals surface area contributed by atoms with Crippen LogP contribution in [0.5, 0.6) is 5.75 Å². The fourth-order valence-electron chi connectivity index (χ4n) is 3.04. The van der Waals surface area contributed by atoms with Gasteiger partial charge in [0.1, 0.15) is 5.75 Å². The minimum absolute atomic E-state index is 0.0105. The van der Waals surface area contributed by atoms with E-state index < -0.39 is 0 Å². The number of carbonyl (C=O) groups is 2. The van der Waals surface area contributed by atoms with Crippen molar-refractivity contribution in [2.45, 2.75) is 12.8 Å². The van der Waals surface area contributed by atoms with Gasteiger partial charge in [0, 0.05) is 30.5 Å². The van der Waals surface area contributed by atoms with E-state index in [4.69, 9.17) is 10.5 Å². The minimum Gasteiger partial charge on any atom is -0.482 e. The van der Waals surface area contributed by atoms with E-state index in [1.54, 1.807) is 4.90 Å². The van der Waals surface area contributed by atoms with Crippen LogP contribution in [0.4, 0.5) is 5.69 Å². The molecule has 0 radical (unpaired) electrons. The van der Waals surface area contributed by atoms with Crippen LogP contribution in [-0.2, 0) is 9.59 Å². The molecular weight excluding hydrogens is 362 g/mol. The summed E-state index contributed by atoms with van der Waals surface area (Å²) < 4.78 is 6.35. The number of amides is 2. The summed E-state index contributed by atoms with van der Waals surface area (Å²) in [7, 11) is 0. The standard InChI is InChI=1S/C16H20BrN3O3/c17-12-1-2-13-14(7-12)23-10-16(22)20(13)6-4-15(21)19-5-3-11(8-18)9-19/h1-2,7,11H,3-6,8-10,18H2. The molecule has 7 heteroatoms. The van der Waals surface area contributed by atoms with Crippen molar-refractivity contribution in [3.05, 3.63) is 22.7 Å². The lowest BCUT2D eigenvalue weighted by molar-refractivity contribution is -0.130. The largest absolute Gasteiger partial charge is 0.482 e. The van der Waals surface area contributed by atoms with E-state index >= 15 is 0 Å². The van der Waals surface area contributed by atoms with Gasteiger partial charge in [0.2, 0.25) is 5.91 Å². The van der Waals surface area contributed by atoms with Gasteiger partial charge < -0.3 is 20.3 Å². The van der Waals surface area contributed by atoms with Crippen molar-refractivity contribution in [3.8, 4) is 5.75 Å². The van der Waals surface area contributed by atoms with E-state index in [0.29, 0.717) is 31.2 Å². The summed E-state index contributed by atoms with van der Waals surface area (Å²) in [5.74, 6) is 1.03. The van der Waals surface area contributed by atoms with Gasteiger partial charge >= 0.3 is 0 Å². The third kappa shape index (κ3) is 3.50. The Labute approximate surface area is 143 Å². The molecule has 6 nitrogen and oxygen atoms in total. The van der Waals surface area contributed by atoms with E-state index in [-0.39, 0.29) is 18.4 Å². The number of anilines is 1. The summed E-state index contributed by atoms with van der Waals surface area (Å²) in [5, 5.41) is 0. The Morgan fingerprint density at radius 2 is 2.26 bits per heavy atom. The molecular formula is C16H20BrN3O3. The number of fused-ring (bicyclic) bond motifs is 1. The van der Waals surface area contributed by atoms with E-state index in [1.165, 1.54) is 0 Å². The zero-order valence-electron chi connectivity index (χ0n) is 12.8. The maximum Gasteiger partial charge on any atom is 0.265 e. The summed E-state index contributed by atoms with van der Waals surface area (Å²) in [6.07, 6.45) is 1.29. The van der Waals surface area contributed by atoms with E-state index in [1.807, 2.05) is 23.1 Å². The molecule has 2 aliphatic rings. The molecule has 3 rings (SSSR count). The zero-order valence-corrected chi connectivity index (χ0v) is 14.4. The lowest BCUT2D eigenvalue weighted by atomic mass is 10.1. The Balaban J connectivity index is 1.64. The molecule has 124 valence electrons. The van der Waals surface area contributed by atoms with E-state index in [0.717, 1.165) is 29.7 Å². The van der Waals surface area contributed by atoms with Crippen LogP contribution in [0, 0.1) is 5.92 Å². The van der Waals surface area contributed by atoms with Gasteiger partial charge in [-0.3, -0.25) is 9.59 Å². The van der Waals surface area contributed by atoms with Crippen molar-refractivity contribution in [2.75, 3.05) is 37.7 Å². The van der Waals surface area contributed by atoms with E-state index in [2.05, 4.69) is 15.9 Å². The van der Waals surface area contributed by atoms with Crippen molar-refractivity contribution in [1.82, 2.24) is 4.90 Å². The van der Waals surface area contributed by atoms with Crippen molar-refractivity contribution in [2.24, 2.45) is 11.7 Å². The summed E-state index contributed by atoms with van der Waals surface area (Å²) in [4.78, 5) is 27.9. The summed E-state index contributed by atoms with van der Waals surface area (Å²) in [6.45, 7) is 2.50. The predicted octanol–water partition coefficient (Wildman–Crippen LogP) is 1.37. The first kappa shape index (κ1) is 16.3. The molecule has 1 unspecified atom stereocenters. The summed E-state index contributed by atoms with van der Waals surface area (Å²) in [6, 6.07) is 5.53. The van der Waals surface area contributed by atoms with Gasteiger partial charge in [-0.15, -0.1) is 0 Å². The van der Waals surface area contributed by atoms with Crippen molar-refractivity contribution >= 4 is 33.4 Å². The summed E-state index contributed by atoms with van der Waals surface area (Å²) >= 11 is 3.39.